The van der Waals surface area contributed by atoms with Gasteiger partial charge in [0, 0.05) is 10.7 Å². The number of hydrogen-bond acceptors (Lipinski definition) is 8. The molecule has 2 N–H and O–H groups in total. The first-order chi connectivity index (χ1) is 15.8. The van der Waals surface area contributed by atoms with E-state index in [0.717, 1.165) is 0 Å². The van der Waals surface area contributed by atoms with E-state index in [0.29, 0.717) is 0 Å². The SMILES string of the molecule is C=C/C(=C\C=C(/C)S(=O)(=O)c1cc(Cl)c(OC[C@H](O)CCl)c(Cl)c1)OC[C@H](O)CS(=O)(=O)CC. The highest BCUT2D eigenvalue weighted by molar-refractivity contribution is 7.95. The Bertz CT molecular complexity index is 1110. The van der Waals surface area contributed by atoms with Gasteiger partial charge in [-0.2, -0.15) is 0 Å². The average Bonchev–Trinajstić information content (AvgIpc) is 2.77. The van der Waals surface area contributed by atoms with Gasteiger partial charge in [-0.15, -0.1) is 11.6 Å². The number of hydrogen-bond donors (Lipinski definition) is 2. The Hall–Kier alpha value is -1.27. The van der Waals surface area contributed by atoms with Crippen molar-refractivity contribution in [3.8, 4) is 5.75 Å². The number of rotatable bonds is 14. The smallest absolute Gasteiger partial charge is 0.202 e. The maximum absolute atomic E-state index is 12.9. The molecule has 1 rings (SSSR count). The highest BCUT2D eigenvalue weighted by atomic mass is 35.5. The van der Waals surface area contributed by atoms with Gasteiger partial charge in [-0.1, -0.05) is 36.7 Å². The predicted molar refractivity (Wildman–Crippen MR) is 134 cm³/mol. The number of sulfone groups is 2. The van der Waals surface area contributed by atoms with Gasteiger partial charge in [0.1, 0.15) is 31.2 Å². The fraction of sp³-hybridized carbons (Fsp3) is 0.429. The van der Waals surface area contributed by atoms with Crippen molar-refractivity contribution in [2.24, 2.45) is 0 Å². The molecule has 0 radical (unpaired) electrons. The van der Waals surface area contributed by atoms with Crippen molar-refractivity contribution >= 4 is 54.5 Å². The van der Waals surface area contributed by atoms with E-state index < -0.39 is 37.6 Å². The number of aliphatic hydroxyl groups is 2. The quantitative estimate of drug-likeness (QED) is 0.195. The summed E-state index contributed by atoms with van der Waals surface area (Å²) >= 11 is 17.8. The molecule has 0 aliphatic carbocycles. The molecule has 0 saturated carbocycles. The zero-order valence-corrected chi connectivity index (χ0v) is 22.5. The standard InChI is InChI=1S/C21H27Cl3O8S2/c1-4-17(31-12-16(26)13-33(27,28)5-2)7-6-14(3)34(29,30)18-8-19(23)21(20(24)9-18)32-11-15(25)10-22/h4,6-9,15-16,25-26H,1,5,10-13H2,2-3H3/b14-6+,17-7+/t15-,16+/m1/s1. The van der Waals surface area contributed by atoms with Gasteiger partial charge in [-0.25, -0.2) is 16.8 Å². The second-order valence-electron chi connectivity index (χ2n) is 7.05. The first kappa shape index (κ1) is 30.8. The van der Waals surface area contributed by atoms with Gasteiger partial charge >= 0.3 is 0 Å². The maximum atomic E-state index is 12.9. The summed E-state index contributed by atoms with van der Waals surface area (Å²) in [5, 5.41) is 19.2. The fourth-order valence-electron chi connectivity index (χ4n) is 2.36. The molecule has 13 heteroatoms. The lowest BCUT2D eigenvalue weighted by molar-refractivity contribution is 0.0903. The van der Waals surface area contributed by atoms with Crippen LogP contribution in [0.1, 0.15) is 13.8 Å². The molecule has 0 saturated heterocycles. The van der Waals surface area contributed by atoms with Crippen LogP contribution in [0, 0.1) is 0 Å². The van der Waals surface area contributed by atoms with Gasteiger partial charge in [0.2, 0.25) is 9.84 Å². The first-order valence-corrected chi connectivity index (χ1v) is 14.5. The fourth-order valence-corrected chi connectivity index (χ4v) is 5.25. The molecule has 192 valence electrons. The predicted octanol–water partition coefficient (Wildman–Crippen LogP) is 3.53. The van der Waals surface area contributed by atoms with Crippen LogP contribution in [0.25, 0.3) is 0 Å². The molecule has 0 spiro atoms. The Kier molecular flexibility index (Phi) is 12.4. The molecule has 2 atom stereocenters. The normalized spacial score (nSPS) is 15.0. The summed E-state index contributed by atoms with van der Waals surface area (Å²) in [5.41, 5.74) is 0. The molecule has 1 aromatic carbocycles. The number of aliphatic hydroxyl groups excluding tert-OH is 2. The van der Waals surface area contributed by atoms with Crippen LogP contribution in [-0.4, -0.2) is 69.9 Å². The Labute approximate surface area is 215 Å². The van der Waals surface area contributed by atoms with Gasteiger partial charge in [0.25, 0.3) is 0 Å². The van der Waals surface area contributed by atoms with E-state index in [1.807, 2.05) is 0 Å². The summed E-state index contributed by atoms with van der Waals surface area (Å²) in [5.74, 6) is -0.487. The van der Waals surface area contributed by atoms with Crippen molar-refractivity contribution in [3.63, 3.8) is 0 Å². The molecular weight excluding hydrogens is 551 g/mol. The van der Waals surface area contributed by atoms with Crippen LogP contribution in [0.4, 0.5) is 0 Å². The minimum atomic E-state index is -4.00. The number of ether oxygens (including phenoxy) is 2. The third kappa shape index (κ3) is 9.41. The van der Waals surface area contributed by atoms with Crippen molar-refractivity contribution in [2.45, 2.75) is 31.0 Å². The van der Waals surface area contributed by atoms with Crippen LogP contribution < -0.4 is 4.74 Å². The minimum absolute atomic E-state index is 0.0129. The number of halogens is 3. The largest absolute Gasteiger partial charge is 0.491 e. The lowest BCUT2D eigenvalue weighted by Gasteiger charge is -2.14. The Morgan fingerprint density at radius 3 is 2.18 bits per heavy atom. The summed E-state index contributed by atoms with van der Waals surface area (Å²) < 4.78 is 59.6. The van der Waals surface area contributed by atoms with Gasteiger partial charge < -0.3 is 19.7 Å². The lowest BCUT2D eigenvalue weighted by Crippen LogP contribution is -2.26. The van der Waals surface area contributed by atoms with Crippen LogP contribution in [0.3, 0.4) is 0 Å². The number of allylic oxidation sites excluding steroid dienone is 4. The molecule has 0 aromatic heterocycles. The van der Waals surface area contributed by atoms with E-state index in [4.69, 9.17) is 44.3 Å². The molecule has 0 unspecified atom stereocenters. The Balaban J connectivity index is 3.03. The molecule has 34 heavy (non-hydrogen) atoms. The van der Waals surface area contributed by atoms with E-state index in [1.165, 1.54) is 44.2 Å². The highest BCUT2D eigenvalue weighted by Gasteiger charge is 2.22. The van der Waals surface area contributed by atoms with Crippen LogP contribution in [-0.2, 0) is 24.4 Å². The monoisotopic (exact) mass is 576 g/mol. The third-order valence-corrected chi connectivity index (χ3v) is 8.85. The molecular formula is C21H27Cl3O8S2. The summed E-state index contributed by atoms with van der Waals surface area (Å²) in [6.07, 6.45) is 1.65. The number of alkyl halides is 1. The van der Waals surface area contributed by atoms with E-state index in [2.05, 4.69) is 6.58 Å². The topological polar surface area (TPSA) is 127 Å². The highest BCUT2D eigenvalue weighted by Crippen LogP contribution is 2.37. The van der Waals surface area contributed by atoms with Gasteiger partial charge in [0.05, 0.1) is 26.6 Å². The molecule has 0 aliphatic rings. The van der Waals surface area contributed by atoms with E-state index in [-0.39, 0.29) is 56.2 Å². The molecule has 0 aliphatic heterocycles. The van der Waals surface area contributed by atoms with Crippen LogP contribution in [0.2, 0.25) is 10.0 Å². The van der Waals surface area contributed by atoms with E-state index in [9.17, 15) is 27.0 Å². The van der Waals surface area contributed by atoms with Crippen molar-refractivity contribution in [2.75, 3.05) is 30.6 Å². The van der Waals surface area contributed by atoms with E-state index in [1.54, 1.807) is 0 Å². The molecule has 0 bridgehead atoms. The second kappa shape index (κ2) is 13.7. The summed E-state index contributed by atoms with van der Waals surface area (Å²) in [7, 11) is -7.38. The Morgan fingerprint density at radius 1 is 1.09 bits per heavy atom. The molecule has 1 aromatic rings. The number of benzene rings is 1. The second-order valence-corrected chi connectivity index (χ2v) is 12.7. The summed E-state index contributed by atoms with van der Waals surface area (Å²) in [6, 6.07) is 2.34. The van der Waals surface area contributed by atoms with Gasteiger partial charge in [-0.05, 0) is 37.3 Å². The van der Waals surface area contributed by atoms with Crippen molar-refractivity contribution in [1.29, 1.82) is 0 Å². The molecule has 0 amide bonds. The molecule has 0 fully saturated rings. The summed E-state index contributed by atoms with van der Waals surface area (Å²) in [6.45, 7) is 5.87. The van der Waals surface area contributed by atoms with E-state index >= 15 is 0 Å². The zero-order valence-electron chi connectivity index (χ0n) is 18.6. The van der Waals surface area contributed by atoms with Gasteiger partial charge in [-0.3, -0.25) is 0 Å². The van der Waals surface area contributed by atoms with Crippen molar-refractivity contribution in [3.05, 3.63) is 57.6 Å². The van der Waals surface area contributed by atoms with Crippen LogP contribution in [0.5, 0.6) is 5.75 Å². The van der Waals surface area contributed by atoms with Gasteiger partial charge in [0.15, 0.2) is 15.6 Å². The van der Waals surface area contributed by atoms with Crippen LogP contribution in [0.15, 0.2) is 52.5 Å². The molecule has 0 heterocycles. The molecule has 8 nitrogen and oxygen atoms in total. The van der Waals surface area contributed by atoms with Crippen LogP contribution >= 0.6 is 34.8 Å². The first-order valence-electron chi connectivity index (χ1n) is 9.90. The third-order valence-electron chi connectivity index (χ3n) is 4.32. The summed E-state index contributed by atoms with van der Waals surface area (Å²) in [4.78, 5) is -0.265. The van der Waals surface area contributed by atoms with Crippen molar-refractivity contribution < 1.29 is 36.5 Å². The Morgan fingerprint density at radius 2 is 1.68 bits per heavy atom. The van der Waals surface area contributed by atoms with Crippen molar-refractivity contribution in [1.82, 2.24) is 0 Å². The maximum Gasteiger partial charge on any atom is 0.202 e. The lowest BCUT2D eigenvalue weighted by atomic mass is 10.3. The average molecular weight is 578 g/mol. The zero-order chi connectivity index (χ0) is 26.1. The minimum Gasteiger partial charge on any atom is -0.491 e.